The van der Waals surface area contributed by atoms with Crippen LogP contribution in [-0.2, 0) is 7.05 Å². The molecule has 0 saturated heterocycles. The van der Waals surface area contributed by atoms with Crippen LogP contribution in [0.4, 0.5) is 14.5 Å². The molecule has 1 aromatic heterocycles. The smallest absolute Gasteiger partial charge is 0.253 e. The zero-order valence-corrected chi connectivity index (χ0v) is 14.4. The second kappa shape index (κ2) is 6.50. The number of nitrogens with zero attached hydrogens (tertiary/aromatic N) is 1. The van der Waals surface area contributed by atoms with Crippen LogP contribution >= 0.6 is 0 Å². The lowest BCUT2D eigenvalue weighted by Gasteiger charge is -2.29. The molecule has 0 amide bonds. The lowest BCUT2D eigenvalue weighted by molar-refractivity contribution is -0.0581. The second-order valence-electron chi connectivity index (χ2n) is 6.76. The minimum Gasteiger partial charge on any atom is -0.490 e. The molecule has 0 aliphatic heterocycles. The first-order valence-electron chi connectivity index (χ1n) is 8.37. The summed E-state index contributed by atoms with van der Waals surface area (Å²) in [5, 5.41) is 0. The summed E-state index contributed by atoms with van der Waals surface area (Å²) in [5.41, 5.74) is 8.61. The number of rotatable bonds is 3. The minimum absolute atomic E-state index is 0.0652. The summed E-state index contributed by atoms with van der Waals surface area (Å²) in [5.74, 6) is -1.99. The molecule has 2 aromatic rings. The molecular formula is C19H22F2N2O2. The number of pyridine rings is 1. The Balaban J connectivity index is 1.93. The van der Waals surface area contributed by atoms with Crippen LogP contribution in [0, 0.1) is 6.92 Å². The number of nitrogens with two attached hydrogens (primary N) is 1. The van der Waals surface area contributed by atoms with Crippen LogP contribution in [0.2, 0.25) is 0 Å². The Morgan fingerprint density at radius 3 is 2.56 bits per heavy atom. The van der Waals surface area contributed by atoms with E-state index in [1.807, 2.05) is 0 Å². The monoisotopic (exact) mass is 348 g/mol. The number of aromatic nitrogens is 1. The highest BCUT2D eigenvalue weighted by Crippen LogP contribution is 2.38. The fourth-order valence-corrected chi connectivity index (χ4v) is 3.21. The molecule has 1 aliphatic carbocycles. The third-order valence-electron chi connectivity index (χ3n) is 4.63. The van der Waals surface area contributed by atoms with Crippen molar-refractivity contribution in [1.29, 1.82) is 0 Å². The van der Waals surface area contributed by atoms with Crippen molar-refractivity contribution in [3.05, 3.63) is 46.4 Å². The molecule has 2 N–H and O–H groups in total. The topological polar surface area (TPSA) is 57.2 Å². The molecule has 1 heterocycles. The molecule has 0 bridgehead atoms. The molecule has 6 heteroatoms. The molecule has 4 nitrogen and oxygen atoms in total. The summed E-state index contributed by atoms with van der Waals surface area (Å²) in [6, 6.07) is 7.06. The summed E-state index contributed by atoms with van der Waals surface area (Å²) in [6.45, 7) is 1.75. The molecule has 134 valence electrons. The van der Waals surface area contributed by atoms with Crippen molar-refractivity contribution in [2.24, 2.45) is 7.05 Å². The molecule has 0 spiro atoms. The minimum atomic E-state index is -2.58. The first-order valence-corrected chi connectivity index (χ1v) is 8.37. The Kier molecular flexibility index (Phi) is 4.54. The molecule has 1 aliphatic rings. The first kappa shape index (κ1) is 17.5. The van der Waals surface area contributed by atoms with E-state index in [4.69, 9.17) is 10.5 Å². The van der Waals surface area contributed by atoms with Gasteiger partial charge in [-0.2, -0.15) is 0 Å². The molecule has 1 saturated carbocycles. The number of alkyl halides is 2. The van der Waals surface area contributed by atoms with Gasteiger partial charge in [0.1, 0.15) is 5.75 Å². The Hall–Kier alpha value is -2.37. The number of hydrogen-bond acceptors (Lipinski definition) is 3. The highest BCUT2D eigenvalue weighted by molar-refractivity contribution is 5.73. The van der Waals surface area contributed by atoms with Gasteiger partial charge in [-0.25, -0.2) is 8.78 Å². The standard InChI is InChI=1S/C19H22F2N2O2/c1-12-9-13(11-23(2)18(12)24)16-10-14(22)3-4-17(16)25-15-5-7-19(20,21)8-6-15/h3-4,9-11,15H,5-8,22H2,1-2H3. The normalized spacial score (nSPS) is 17.4. The summed E-state index contributed by atoms with van der Waals surface area (Å²) in [4.78, 5) is 11.9. The maximum atomic E-state index is 13.3. The van der Waals surface area contributed by atoms with Crippen LogP contribution in [0.25, 0.3) is 11.1 Å². The largest absolute Gasteiger partial charge is 0.490 e. The molecule has 1 fully saturated rings. The van der Waals surface area contributed by atoms with E-state index < -0.39 is 5.92 Å². The van der Waals surface area contributed by atoms with Crippen molar-refractivity contribution in [1.82, 2.24) is 4.57 Å². The highest BCUT2D eigenvalue weighted by Gasteiger charge is 2.35. The number of hydrogen-bond donors (Lipinski definition) is 1. The van der Waals surface area contributed by atoms with Crippen LogP contribution in [-0.4, -0.2) is 16.6 Å². The number of halogens is 2. The van der Waals surface area contributed by atoms with Crippen LogP contribution in [0.1, 0.15) is 31.2 Å². The van der Waals surface area contributed by atoms with E-state index in [2.05, 4.69) is 0 Å². The zero-order valence-electron chi connectivity index (χ0n) is 14.4. The van der Waals surface area contributed by atoms with E-state index in [1.54, 1.807) is 44.4 Å². The van der Waals surface area contributed by atoms with Crippen molar-refractivity contribution < 1.29 is 13.5 Å². The third-order valence-corrected chi connectivity index (χ3v) is 4.63. The Morgan fingerprint density at radius 1 is 1.24 bits per heavy atom. The van der Waals surface area contributed by atoms with Crippen molar-refractivity contribution >= 4 is 5.69 Å². The third kappa shape index (κ3) is 3.83. The van der Waals surface area contributed by atoms with Crippen LogP contribution < -0.4 is 16.0 Å². The number of ether oxygens (including phenoxy) is 1. The predicted molar refractivity (Wildman–Crippen MR) is 94.1 cm³/mol. The van der Waals surface area contributed by atoms with E-state index in [1.165, 1.54) is 4.57 Å². The molecular weight excluding hydrogens is 326 g/mol. The number of aryl methyl sites for hydroxylation is 2. The summed E-state index contributed by atoms with van der Waals surface area (Å²) in [6.07, 6.45) is 1.83. The van der Waals surface area contributed by atoms with E-state index in [0.29, 0.717) is 29.8 Å². The van der Waals surface area contributed by atoms with Gasteiger partial charge in [-0.3, -0.25) is 4.79 Å². The van der Waals surface area contributed by atoms with Gasteiger partial charge in [0, 0.05) is 48.5 Å². The van der Waals surface area contributed by atoms with Crippen LogP contribution in [0.5, 0.6) is 5.75 Å². The van der Waals surface area contributed by atoms with Crippen molar-refractivity contribution in [3.8, 4) is 16.9 Å². The van der Waals surface area contributed by atoms with E-state index >= 15 is 0 Å². The molecule has 25 heavy (non-hydrogen) atoms. The van der Waals surface area contributed by atoms with Gasteiger partial charge in [-0.1, -0.05) is 0 Å². The second-order valence-corrected chi connectivity index (χ2v) is 6.76. The van der Waals surface area contributed by atoms with E-state index in [9.17, 15) is 13.6 Å². The fourth-order valence-electron chi connectivity index (χ4n) is 3.21. The Bertz CT molecular complexity index is 810. The lowest BCUT2D eigenvalue weighted by Crippen LogP contribution is -2.30. The van der Waals surface area contributed by atoms with Gasteiger partial charge in [0.2, 0.25) is 5.92 Å². The van der Waals surface area contributed by atoms with Crippen molar-refractivity contribution in [2.45, 2.75) is 44.6 Å². The van der Waals surface area contributed by atoms with Crippen molar-refractivity contribution in [3.63, 3.8) is 0 Å². The average molecular weight is 348 g/mol. The number of anilines is 1. The van der Waals surface area contributed by atoms with Crippen LogP contribution in [0.15, 0.2) is 35.3 Å². The van der Waals surface area contributed by atoms with E-state index in [0.717, 1.165) is 11.1 Å². The summed E-state index contributed by atoms with van der Waals surface area (Å²) < 4.78 is 34.2. The lowest BCUT2D eigenvalue weighted by atomic mass is 9.94. The summed E-state index contributed by atoms with van der Waals surface area (Å²) in [7, 11) is 1.69. The molecule has 0 unspecified atom stereocenters. The first-order chi connectivity index (χ1) is 11.7. The Morgan fingerprint density at radius 2 is 1.92 bits per heavy atom. The van der Waals surface area contributed by atoms with Gasteiger partial charge in [-0.05, 0) is 44.0 Å². The molecule has 3 rings (SSSR count). The maximum Gasteiger partial charge on any atom is 0.253 e. The van der Waals surface area contributed by atoms with Crippen LogP contribution in [0.3, 0.4) is 0 Å². The van der Waals surface area contributed by atoms with Gasteiger partial charge < -0.3 is 15.0 Å². The van der Waals surface area contributed by atoms with E-state index in [-0.39, 0.29) is 24.5 Å². The van der Waals surface area contributed by atoms with Gasteiger partial charge in [0.05, 0.1) is 6.10 Å². The molecule has 0 radical (unpaired) electrons. The average Bonchev–Trinajstić information content (AvgIpc) is 2.55. The van der Waals surface area contributed by atoms with Gasteiger partial charge in [-0.15, -0.1) is 0 Å². The highest BCUT2D eigenvalue weighted by atomic mass is 19.3. The predicted octanol–water partition coefficient (Wildman–Crippen LogP) is 3.90. The number of nitrogen functional groups attached to an aromatic ring is 1. The maximum absolute atomic E-state index is 13.3. The van der Waals surface area contributed by atoms with Crippen molar-refractivity contribution in [2.75, 3.05) is 5.73 Å². The Labute approximate surface area is 145 Å². The number of benzene rings is 1. The summed E-state index contributed by atoms with van der Waals surface area (Å²) >= 11 is 0. The van der Waals surface area contributed by atoms with Gasteiger partial charge >= 0.3 is 0 Å². The molecule has 0 atom stereocenters. The zero-order chi connectivity index (χ0) is 18.2. The fraction of sp³-hybridized carbons (Fsp3) is 0.421. The molecule has 1 aromatic carbocycles. The van der Waals surface area contributed by atoms with Gasteiger partial charge in [0.25, 0.3) is 5.56 Å². The SMILES string of the molecule is Cc1cc(-c2cc(N)ccc2OC2CCC(F)(F)CC2)cn(C)c1=O. The van der Waals surface area contributed by atoms with Gasteiger partial charge in [0.15, 0.2) is 0 Å². The quantitative estimate of drug-likeness (QED) is 0.856.